The first-order valence-corrected chi connectivity index (χ1v) is 6.93. The van der Waals surface area contributed by atoms with Crippen LogP contribution in [0.4, 0.5) is 15.9 Å². The van der Waals surface area contributed by atoms with Crippen molar-refractivity contribution >= 4 is 17.4 Å². The van der Waals surface area contributed by atoms with E-state index in [0.717, 1.165) is 6.54 Å². The number of hydrogen-bond acceptors (Lipinski definition) is 3. The third kappa shape index (κ3) is 3.56. The standard InChI is InChI=1S/C16H18FN3O/c1-3-18-15-10-12(8-9-19-15)16(21)20(4-2)14-7-5-6-13(17)11-14/h5-11H,3-4H2,1-2H3,(H,18,19). The van der Waals surface area contributed by atoms with E-state index < -0.39 is 0 Å². The lowest BCUT2D eigenvalue weighted by Gasteiger charge is -2.21. The molecule has 1 aromatic heterocycles. The zero-order chi connectivity index (χ0) is 15.2. The maximum atomic E-state index is 13.3. The minimum Gasteiger partial charge on any atom is -0.370 e. The second-order valence-corrected chi connectivity index (χ2v) is 4.49. The van der Waals surface area contributed by atoms with Gasteiger partial charge in [-0.3, -0.25) is 4.79 Å². The van der Waals surface area contributed by atoms with Crippen LogP contribution in [0.3, 0.4) is 0 Å². The molecule has 0 radical (unpaired) electrons. The van der Waals surface area contributed by atoms with E-state index >= 15 is 0 Å². The van der Waals surface area contributed by atoms with Gasteiger partial charge < -0.3 is 10.2 Å². The normalized spacial score (nSPS) is 10.2. The van der Waals surface area contributed by atoms with Crippen molar-refractivity contribution in [2.24, 2.45) is 0 Å². The average Bonchev–Trinajstić information content (AvgIpc) is 2.49. The smallest absolute Gasteiger partial charge is 0.258 e. The first-order valence-electron chi connectivity index (χ1n) is 6.93. The molecule has 0 atom stereocenters. The number of aromatic nitrogens is 1. The number of pyridine rings is 1. The van der Waals surface area contributed by atoms with E-state index in [9.17, 15) is 9.18 Å². The third-order valence-electron chi connectivity index (χ3n) is 3.05. The fourth-order valence-corrected chi connectivity index (χ4v) is 2.08. The number of carbonyl (C=O) groups excluding carboxylic acids is 1. The number of nitrogens with one attached hydrogen (secondary N) is 1. The van der Waals surface area contributed by atoms with Gasteiger partial charge in [0, 0.05) is 30.5 Å². The Kier molecular flexibility index (Phi) is 4.87. The molecule has 110 valence electrons. The molecule has 0 aliphatic carbocycles. The van der Waals surface area contributed by atoms with Crippen LogP contribution in [0, 0.1) is 5.82 Å². The molecule has 0 saturated carbocycles. The molecule has 1 heterocycles. The predicted octanol–water partition coefficient (Wildman–Crippen LogP) is 3.32. The molecule has 21 heavy (non-hydrogen) atoms. The monoisotopic (exact) mass is 287 g/mol. The molecule has 2 rings (SSSR count). The van der Waals surface area contributed by atoms with E-state index in [-0.39, 0.29) is 11.7 Å². The summed E-state index contributed by atoms with van der Waals surface area (Å²) in [5.41, 5.74) is 1.07. The quantitative estimate of drug-likeness (QED) is 0.917. The molecular formula is C16H18FN3O. The average molecular weight is 287 g/mol. The van der Waals surface area contributed by atoms with Crippen LogP contribution in [-0.4, -0.2) is 24.0 Å². The molecule has 2 aromatic rings. The number of halogens is 1. The molecule has 0 aliphatic heterocycles. The summed E-state index contributed by atoms with van der Waals surface area (Å²) >= 11 is 0. The van der Waals surface area contributed by atoms with Crippen LogP contribution in [-0.2, 0) is 0 Å². The number of benzene rings is 1. The minimum absolute atomic E-state index is 0.176. The van der Waals surface area contributed by atoms with Gasteiger partial charge in [-0.2, -0.15) is 0 Å². The molecule has 0 fully saturated rings. The maximum absolute atomic E-state index is 13.3. The predicted molar refractivity (Wildman–Crippen MR) is 82.2 cm³/mol. The van der Waals surface area contributed by atoms with Gasteiger partial charge in [-0.05, 0) is 44.2 Å². The summed E-state index contributed by atoms with van der Waals surface area (Å²) in [6.45, 7) is 5.00. The summed E-state index contributed by atoms with van der Waals surface area (Å²) in [7, 11) is 0. The van der Waals surface area contributed by atoms with Crippen molar-refractivity contribution in [1.29, 1.82) is 0 Å². The van der Waals surface area contributed by atoms with E-state index in [1.54, 1.807) is 30.5 Å². The molecule has 4 nitrogen and oxygen atoms in total. The van der Waals surface area contributed by atoms with E-state index in [0.29, 0.717) is 23.6 Å². The summed E-state index contributed by atoms with van der Waals surface area (Å²) in [5, 5.41) is 3.07. The fraction of sp³-hybridized carbons (Fsp3) is 0.250. The molecule has 0 unspecified atom stereocenters. The van der Waals surface area contributed by atoms with Crippen molar-refractivity contribution in [2.75, 3.05) is 23.3 Å². The molecule has 0 spiro atoms. The van der Waals surface area contributed by atoms with E-state index in [1.165, 1.54) is 17.0 Å². The van der Waals surface area contributed by atoms with Crippen LogP contribution in [0.2, 0.25) is 0 Å². The Morgan fingerprint density at radius 1 is 1.29 bits per heavy atom. The highest BCUT2D eigenvalue weighted by Crippen LogP contribution is 2.19. The number of rotatable bonds is 5. The van der Waals surface area contributed by atoms with Gasteiger partial charge >= 0.3 is 0 Å². The summed E-state index contributed by atoms with van der Waals surface area (Å²) in [4.78, 5) is 18.3. The van der Waals surface area contributed by atoms with Gasteiger partial charge in [0.05, 0.1) is 0 Å². The van der Waals surface area contributed by atoms with Crippen molar-refractivity contribution in [3.8, 4) is 0 Å². The molecule has 1 amide bonds. The fourth-order valence-electron chi connectivity index (χ4n) is 2.08. The molecular weight excluding hydrogens is 269 g/mol. The molecule has 0 saturated heterocycles. The number of amides is 1. The molecule has 1 aromatic carbocycles. The van der Waals surface area contributed by atoms with Crippen molar-refractivity contribution in [3.05, 3.63) is 54.0 Å². The summed E-state index contributed by atoms with van der Waals surface area (Å²) in [6.07, 6.45) is 1.59. The Bertz CT molecular complexity index is 630. The molecule has 0 bridgehead atoms. The van der Waals surface area contributed by atoms with Gasteiger partial charge in [-0.1, -0.05) is 6.07 Å². The zero-order valence-corrected chi connectivity index (χ0v) is 12.1. The van der Waals surface area contributed by atoms with Crippen LogP contribution >= 0.6 is 0 Å². The minimum atomic E-state index is -0.359. The number of anilines is 2. The summed E-state index contributed by atoms with van der Waals surface area (Å²) in [6, 6.07) is 9.39. The Balaban J connectivity index is 2.30. The zero-order valence-electron chi connectivity index (χ0n) is 12.1. The highest BCUT2D eigenvalue weighted by Gasteiger charge is 2.17. The first-order chi connectivity index (χ1) is 10.2. The maximum Gasteiger partial charge on any atom is 0.258 e. The lowest BCUT2D eigenvalue weighted by molar-refractivity contribution is 0.0988. The molecule has 5 heteroatoms. The van der Waals surface area contributed by atoms with Gasteiger partial charge in [0.2, 0.25) is 0 Å². The van der Waals surface area contributed by atoms with Crippen LogP contribution in [0.1, 0.15) is 24.2 Å². The van der Waals surface area contributed by atoms with E-state index in [4.69, 9.17) is 0 Å². The Labute approximate surface area is 123 Å². The van der Waals surface area contributed by atoms with Crippen LogP contribution in [0.15, 0.2) is 42.6 Å². The largest absolute Gasteiger partial charge is 0.370 e. The van der Waals surface area contributed by atoms with Gasteiger partial charge in [0.1, 0.15) is 11.6 Å². The van der Waals surface area contributed by atoms with E-state index in [2.05, 4.69) is 10.3 Å². The van der Waals surface area contributed by atoms with Crippen molar-refractivity contribution in [1.82, 2.24) is 4.98 Å². The van der Waals surface area contributed by atoms with Crippen molar-refractivity contribution in [3.63, 3.8) is 0 Å². The topological polar surface area (TPSA) is 45.2 Å². The van der Waals surface area contributed by atoms with Crippen LogP contribution in [0.5, 0.6) is 0 Å². The third-order valence-corrected chi connectivity index (χ3v) is 3.05. The molecule has 0 aliphatic rings. The SMILES string of the molecule is CCNc1cc(C(=O)N(CC)c2cccc(F)c2)ccn1. The second kappa shape index (κ2) is 6.83. The second-order valence-electron chi connectivity index (χ2n) is 4.49. The number of hydrogen-bond donors (Lipinski definition) is 1. The van der Waals surface area contributed by atoms with Crippen LogP contribution in [0.25, 0.3) is 0 Å². The Hall–Kier alpha value is -2.43. The first kappa shape index (κ1) is 15.0. The van der Waals surface area contributed by atoms with Gasteiger partial charge in [0.25, 0.3) is 5.91 Å². The Morgan fingerprint density at radius 2 is 2.10 bits per heavy atom. The van der Waals surface area contributed by atoms with Crippen LogP contribution < -0.4 is 10.2 Å². The lowest BCUT2D eigenvalue weighted by atomic mass is 10.2. The number of nitrogens with zero attached hydrogens (tertiary/aromatic N) is 2. The van der Waals surface area contributed by atoms with Crippen molar-refractivity contribution in [2.45, 2.75) is 13.8 Å². The summed E-state index contributed by atoms with van der Waals surface area (Å²) < 4.78 is 13.3. The lowest BCUT2D eigenvalue weighted by Crippen LogP contribution is -2.30. The highest BCUT2D eigenvalue weighted by atomic mass is 19.1. The highest BCUT2D eigenvalue weighted by molar-refractivity contribution is 6.06. The van der Waals surface area contributed by atoms with Gasteiger partial charge in [-0.25, -0.2) is 9.37 Å². The van der Waals surface area contributed by atoms with Gasteiger partial charge in [0.15, 0.2) is 0 Å². The van der Waals surface area contributed by atoms with Gasteiger partial charge in [-0.15, -0.1) is 0 Å². The molecule has 1 N–H and O–H groups in total. The van der Waals surface area contributed by atoms with E-state index in [1.807, 2.05) is 13.8 Å². The Morgan fingerprint density at radius 3 is 2.76 bits per heavy atom. The number of carbonyl (C=O) groups is 1. The van der Waals surface area contributed by atoms with Crippen molar-refractivity contribution < 1.29 is 9.18 Å². The summed E-state index contributed by atoms with van der Waals surface area (Å²) in [5.74, 6) is 0.116.